The number of esters is 2. The molecule has 0 amide bonds. The fourth-order valence-corrected chi connectivity index (χ4v) is 3.72. The van der Waals surface area contributed by atoms with Crippen molar-refractivity contribution >= 4 is 22.1 Å². The highest BCUT2D eigenvalue weighted by atomic mass is 32.2. The van der Waals surface area contributed by atoms with E-state index >= 15 is 0 Å². The predicted octanol–water partition coefficient (Wildman–Crippen LogP) is 2.18. The van der Waals surface area contributed by atoms with E-state index in [0.29, 0.717) is 29.8 Å². The second-order valence-electron chi connectivity index (χ2n) is 6.59. The van der Waals surface area contributed by atoms with Crippen molar-refractivity contribution in [3.05, 3.63) is 71.5 Å². The van der Waals surface area contributed by atoms with Crippen LogP contribution in [0.1, 0.15) is 32.8 Å². The van der Waals surface area contributed by atoms with Gasteiger partial charge in [0.1, 0.15) is 0 Å². The molecule has 3 aromatic rings. The Kier molecular flexibility index (Phi) is 7.33. The van der Waals surface area contributed by atoms with E-state index in [2.05, 4.69) is 19.8 Å². The molecule has 168 valence electrons. The van der Waals surface area contributed by atoms with Crippen molar-refractivity contribution in [1.29, 1.82) is 0 Å². The zero-order valence-corrected chi connectivity index (χ0v) is 18.2. The minimum absolute atomic E-state index is 0.0399. The lowest BCUT2D eigenvalue weighted by molar-refractivity contribution is 0.0592. The number of methoxy groups -OCH3 is 2. The summed E-state index contributed by atoms with van der Waals surface area (Å²) in [5.41, 5.74) is 2.04. The van der Waals surface area contributed by atoms with Crippen LogP contribution < -0.4 is 0 Å². The summed E-state index contributed by atoms with van der Waals surface area (Å²) < 4.78 is 40.4. The van der Waals surface area contributed by atoms with Crippen LogP contribution in [0.5, 0.6) is 0 Å². The molecule has 2 aromatic carbocycles. The number of hydrogen-bond donors (Lipinski definition) is 0. The highest BCUT2D eigenvalue weighted by Crippen LogP contribution is 2.15. The van der Waals surface area contributed by atoms with Crippen molar-refractivity contribution < 1.29 is 31.7 Å². The number of hydrogen-bond acceptors (Lipinski definition) is 9. The Balaban J connectivity index is 1.52. The Morgan fingerprint density at radius 2 is 1.47 bits per heavy atom. The summed E-state index contributed by atoms with van der Waals surface area (Å²) in [6.45, 7) is -0.0399. The smallest absolute Gasteiger partial charge is 0.337 e. The van der Waals surface area contributed by atoms with Crippen LogP contribution in [-0.4, -0.2) is 56.2 Å². The van der Waals surface area contributed by atoms with Gasteiger partial charge >= 0.3 is 11.9 Å². The quantitative estimate of drug-likeness (QED) is 0.269. The van der Waals surface area contributed by atoms with Crippen LogP contribution in [-0.2, 0) is 30.2 Å². The molecular weight excluding hydrogens is 438 g/mol. The lowest BCUT2D eigenvalue weighted by Gasteiger charge is -2.06. The number of aromatic nitrogens is 3. The van der Waals surface area contributed by atoms with Gasteiger partial charge in [-0.15, -0.1) is 5.10 Å². The molecule has 0 unspecified atom stereocenters. The topological polar surface area (TPSA) is 127 Å². The third-order valence-corrected chi connectivity index (χ3v) is 5.80. The van der Waals surface area contributed by atoms with E-state index in [0.717, 1.165) is 0 Å². The maximum atomic E-state index is 12.3. The van der Waals surface area contributed by atoms with Gasteiger partial charge in [0.05, 0.1) is 54.4 Å². The van der Waals surface area contributed by atoms with Crippen LogP contribution in [0.15, 0.2) is 59.6 Å². The van der Waals surface area contributed by atoms with Crippen LogP contribution in [0.4, 0.5) is 0 Å². The lowest BCUT2D eigenvalue weighted by atomic mass is 10.2. The van der Waals surface area contributed by atoms with Gasteiger partial charge in [0.25, 0.3) is 10.1 Å². The van der Waals surface area contributed by atoms with E-state index in [1.165, 1.54) is 38.5 Å². The van der Waals surface area contributed by atoms with E-state index in [9.17, 15) is 18.0 Å². The summed E-state index contributed by atoms with van der Waals surface area (Å²) in [6.07, 6.45) is 2.57. The van der Waals surface area contributed by atoms with Gasteiger partial charge in [-0.25, -0.2) is 14.3 Å². The molecule has 0 saturated heterocycles. The van der Waals surface area contributed by atoms with Gasteiger partial charge in [-0.2, -0.15) is 8.42 Å². The largest absolute Gasteiger partial charge is 0.465 e. The molecule has 0 radical (unpaired) electrons. The molecular formula is C21H21N3O7S. The molecule has 0 atom stereocenters. The Labute approximate surface area is 184 Å². The molecule has 0 bridgehead atoms. The molecule has 0 N–H and O–H groups in total. The fraction of sp³-hybridized carbons (Fsp3) is 0.238. The minimum Gasteiger partial charge on any atom is -0.465 e. The van der Waals surface area contributed by atoms with Gasteiger partial charge in [0.15, 0.2) is 0 Å². The number of benzene rings is 2. The van der Waals surface area contributed by atoms with Gasteiger partial charge < -0.3 is 9.47 Å². The summed E-state index contributed by atoms with van der Waals surface area (Å²) >= 11 is 0. The molecule has 1 aromatic heterocycles. The van der Waals surface area contributed by atoms with E-state index in [1.807, 2.05) is 0 Å². The van der Waals surface area contributed by atoms with E-state index in [4.69, 9.17) is 4.18 Å². The summed E-state index contributed by atoms with van der Waals surface area (Å²) in [6, 6.07) is 12.0. The Morgan fingerprint density at radius 1 is 0.906 bits per heavy atom. The van der Waals surface area contributed by atoms with E-state index < -0.39 is 22.1 Å². The number of nitrogens with zero attached hydrogens (tertiary/aromatic N) is 3. The second kappa shape index (κ2) is 10.2. The third-order valence-electron chi connectivity index (χ3n) is 4.47. The standard InChI is InChI=1S/C21H21N3O7S/c1-29-20(25)15-5-9-18(10-6-15)24-14-17(22-23-24)4-3-13-31-32(27,28)19-11-7-16(8-12-19)21(26)30-2/h5-12,14H,3-4,13H2,1-2H3. The summed E-state index contributed by atoms with van der Waals surface area (Å²) in [7, 11) is -1.39. The molecule has 0 fully saturated rings. The highest BCUT2D eigenvalue weighted by molar-refractivity contribution is 7.86. The molecule has 1 heterocycles. The lowest BCUT2D eigenvalue weighted by Crippen LogP contribution is -2.09. The average molecular weight is 459 g/mol. The summed E-state index contributed by atoms with van der Waals surface area (Å²) in [4.78, 5) is 22.9. The molecule has 0 aliphatic carbocycles. The zero-order chi connectivity index (χ0) is 23.1. The first-order chi connectivity index (χ1) is 15.3. The molecule has 11 heteroatoms. The van der Waals surface area contributed by atoms with E-state index in [-0.39, 0.29) is 17.1 Å². The number of rotatable bonds is 9. The van der Waals surface area contributed by atoms with Crippen molar-refractivity contribution in [2.75, 3.05) is 20.8 Å². The first-order valence-corrected chi connectivity index (χ1v) is 10.9. The molecule has 0 aliphatic heterocycles. The summed E-state index contributed by atoms with van der Waals surface area (Å²) in [5.74, 6) is -0.979. The monoisotopic (exact) mass is 459 g/mol. The van der Waals surface area contributed by atoms with Crippen LogP contribution >= 0.6 is 0 Å². The SMILES string of the molecule is COC(=O)c1ccc(-n2cc(CCCOS(=O)(=O)c3ccc(C(=O)OC)cc3)nn2)cc1. The first kappa shape index (κ1) is 23.1. The fourth-order valence-electron chi connectivity index (χ4n) is 2.77. The molecule has 0 aliphatic rings. The van der Waals surface area contributed by atoms with Crippen molar-refractivity contribution in [3.8, 4) is 5.69 Å². The van der Waals surface area contributed by atoms with Gasteiger partial charge in [0.2, 0.25) is 0 Å². The van der Waals surface area contributed by atoms with Crippen molar-refractivity contribution in [3.63, 3.8) is 0 Å². The minimum atomic E-state index is -3.95. The van der Waals surface area contributed by atoms with Crippen LogP contribution in [0.2, 0.25) is 0 Å². The number of carbonyl (C=O) groups is 2. The maximum absolute atomic E-state index is 12.3. The first-order valence-electron chi connectivity index (χ1n) is 9.52. The molecule has 3 rings (SSSR count). The Hall–Kier alpha value is -3.57. The van der Waals surface area contributed by atoms with Crippen molar-refractivity contribution in [2.45, 2.75) is 17.7 Å². The summed E-state index contributed by atoms with van der Waals surface area (Å²) in [5, 5.41) is 8.10. The van der Waals surface area contributed by atoms with Gasteiger partial charge in [-0.05, 0) is 61.4 Å². The van der Waals surface area contributed by atoms with Crippen molar-refractivity contribution in [1.82, 2.24) is 15.0 Å². The number of aryl methyl sites for hydroxylation is 1. The van der Waals surface area contributed by atoms with E-state index in [1.54, 1.807) is 35.1 Å². The normalized spacial score (nSPS) is 11.2. The van der Waals surface area contributed by atoms with Gasteiger partial charge in [0, 0.05) is 0 Å². The number of ether oxygens (including phenoxy) is 2. The average Bonchev–Trinajstić information content (AvgIpc) is 3.30. The van der Waals surface area contributed by atoms with Crippen molar-refractivity contribution in [2.24, 2.45) is 0 Å². The Bertz CT molecular complexity index is 1190. The molecule has 10 nitrogen and oxygen atoms in total. The Morgan fingerprint density at radius 3 is 2.03 bits per heavy atom. The van der Waals surface area contributed by atoms with Gasteiger partial charge in [-0.1, -0.05) is 5.21 Å². The van der Waals surface area contributed by atoms with Crippen LogP contribution in [0, 0.1) is 0 Å². The zero-order valence-electron chi connectivity index (χ0n) is 17.4. The third kappa shape index (κ3) is 5.56. The van der Waals surface area contributed by atoms with Crippen LogP contribution in [0.25, 0.3) is 5.69 Å². The number of carbonyl (C=O) groups excluding carboxylic acids is 2. The molecule has 0 spiro atoms. The van der Waals surface area contributed by atoms with Crippen LogP contribution in [0.3, 0.4) is 0 Å². The maximum Gasteiger partial charge on any atom is 0.337 e. The van der Waals surface area contributed by atoms with Gasteiger partial charge in [-0.3, -0.25) is 4.18 Å². The highest BCUT2D eigenvalue weighted by Gasteiger charge is 2.16. The molecule has 0 saturated carbocycles. The molecule has 32 heavy (non-hydrogen) atoms. The second-order valence-corrected chi connectivity index (χ2v) is 8.20. The predicted molar refractivity (Wildman–Crippen MR) is 112 cm³/mol.